The number of esters is 1. The van der Waals surface area contributed by atoms with Gasteiger partial charge in [0.1, 0.15) is 0 Å². The molecule has 2 bridgehead atoms. The minimum atomic E-state index is -0.0737. The second kappa shape index (κ2) is 6.02. The van der Waals surface area contributed by atoms with Crippen LogP contribution < -0.4 is 5.32 Å². The maximum absolute atomic E-state index is 12.2. The maximum Gasteiger partial charge on any atom is 0.310 e. The molecule has 0 spiro atoms. The molecule has 2 aliphatic heterocycles. The van der Waals surface area contributed by atoms with Gasteiger partial charge in [-0.1, -0.05) is 36.4 Å². The summed E-state index contributed by atoms with van der Waals surface area (Å²) < 4.78 is 5.06. The van der Waals surface area contributed by atoms with Gasteiger partial charge in [0.05, 0.1) is 13.0 Å². The number of carbonyl (C=O) groups excluding carboxylic acids is 1. The van der Waals surface area contributed by atoms with Crippen LogP contribution >= 0.6 is 0 Å². The molecule has 0 radical (unpaired) electrons. The molecule has 4 atom stereocenters. The zero-order chi connectivity index (χ0) is 14.8. The van der Waals surface area contributed by atoms with Crippen LogP contribution in [0.3, 0.4) is 0 Å². The van der Waals surface area contributed by atoms with E-state index >= 15 is 0 Å². The van der Waals surface area contributed by atoms with Gasteiger partial charge in [-0.2, -0.15) is 0 Å². The second-order valence-electron chi connectivity index (χ2n) is 6.11. The van der Waals surface area contributed by atoms with Gasteiger partial charge in [-0.25, -0.2) is 0 Å². The number of fused-ring (bicyclic) bond motifs is 2. The van der Waals surface area contributed by atoms with Crippen LogP contribution in [0.15, 0.2) is 30.3 Å². The number of allylic oxidation sites excluding steroid dienone is 1. The quantitative estimate of drug-likeness (QED) is 0.867. The Kier molecular flexibility index (Phi) is 4.11. The van der Waals surface area contributed by atoms with Crippen molar-refractivity contribution in [1.29, 1.82) is 0 Å². The largest absolute Gasteiger partial charge is 0.469 e. The van der Waals surface area contributed by atoms with Crippen molar-refractivity contribution in [3.63, 3.8) is 0 Å². The highest BCUT2D eigenvalue weighted by Crippen LogP contribution is 2.42. The van der Waals surface area contributed by atoms with Gasteiger partial charge in [0.25, 0.3) is 0 Å². The summed E-state index contributed by atoms with van der Waals surface area (Å²) in [5.74, 6) is 0.146. The van der Waals surface area contributed by atoms with Gasteiger partial charge in [-0.15, -0.1) is 0 Å². The monoisotopic (exact) mass is 285 g/mol. The summed E-state index contributed by atoms with van der Waals surface area (Å²) >= 11 is 0. The van der Waals surface area contributed by atoms with Crippen LogP contribution in [0.5, 0.6) is 0 Å². The summed E-state index contributed by atoms with van der Waals surface area (Å²) in [7, 11) is 1.50. The van der Waals surface area contributed by atoms with Crippen LogP contribution in [-0.2, 0) is 9.53 Å². The first-order valence-electron chi connectivity index (χ1n) is 7.79. The summed E-state index contributed by atoms with van der Waals surface area (Å²) in [6.07, 6.45) is 7.41. The van der Waals surface area contributed by atoms with Crippen molar-refractivity contribution in [2.45, 2.75) is 44.2 Å². The van der Waals surface area contributed by atoms with Crippen molar-refractivity contribution in [2.24, 2.45) is 5.92 Å². The van der Waals surface area contributed by atoms with E-state index in [9.17, 15) is 4.79 Å². The fourth-order valence-electron chi connectivity index (χ4n) is 3.91. The van der Waals surface area contributed by atoms with Gasteiger partial charge in [0.15, 0.2) is 0 Å². The van der Waals surface area contributed by atoms with Gasteiger partial charge < -0.3 is 10.1 Å². The van der Waals surface area contributed by atoms with Crippen molar-refractivity contribution in [3.05, 3.63) is 41.5 Å². The third kappa shape index (κ3) is 2.75. The first-order chi connectivity index (χ1) is 10.2. The van der Waals surface area contributed by atoms with Crippen molar-refractivity contribution < 1.29 is 9.53 Å². The first kappa shape index (κ1) is 14.3. The molecule has 2 heterocycles. The van der Waals surface area contributed by atoms with Crippen LogP contribution in [0.25, 0.3) is 6.08 Å². The van der Waals surface area contributed by atoms with Crippen LogP contribution in [0.2, 0.25) is 0 Å². The standard InChI is InChI=1S/C18H23NO2/c1-3-4-12-5-7-13(8-6-12)15-11-14-9-10-16(19-14)17(15)18(20)21-2/h3-8,14-17,19H,9-11H2,1-2H3/b4-3+. The predicted octanol–water partition coefficient (Wildman–Crippen LogP) is 3.12. The van der Waals surface area contributed by atoms with Crippen LogP contribution in [-0.4, -0.2) is 25.2 Å². The fraction of sp³-hybridized carbons (Fsp3) is 0.500. The smallest absolute Gasteiger partial charge is 0.310 e. The molecule has 1 aromatic rings. The molecule has 2 saturated heterocycles. The Morgan fingerprint density at radius 3 is 2.71 bits per heavy atom. The molecule has 4 unspecified atom stereocenters. The predicted molar refractivity (Wildman–Crippen MR) is 84.0 cm³/mol. The topological polar surface area (TPSA) is 38.3 Å². The Hall–Kier alpha value is -1.61. The minimum Gasteiger partial charge on any atom is -0.469 e. The molecule has 112 valence electrons. The van der Waals surface area contributed by atoms with Crippen LogP contribution in [0.1, 0.15) is 43.2 Å². The van der Waals surface area contributed by atoms with E-state index in [-0.39, 0.29) is 23.8 Å². The van der Waals surface area contributed by atoms with Gasteiger partial charge >= 0.3 is 5.97 Å². The number of rotatable bonds is 3. The van der Waals surface area contributed by atoms with Crippen molar-refractivity contribution in [2.75, 3.05) is 7.11 Å². The van der Waals surface area contributed by atoms with Gasteiger partial charge in [-0.05, 0) is 37.3 Å². The lowest BCUT2D eigenvalue weighted by atomic mass is 9.77. The Morgan fingerprint density at radius 2 is 2.05 bits per heavy atom. The van der Waals surface area contributed by atoms with Crippen LogP contribution in [0, 0.1) is 5.92 Å². The fourth-order valence-corrected chi connectivity index (χ4v) is 3.91. The zero-order valence-corrected chi connectivity index (χ0v) is 12.7. The number of hydrogen-bond acceptors (Lipinski definition) is 3. The highest BCUT2D eigenvalue weighted by atomic mass is 16.5. The van der Waals surface area contributed by atoms with Gasteiger partial charge in [-0.3, -0.25) is 4.79 Å². The number of piperidine rings is 1. The lowest BCUT2D eigenvalue weighted by Gasteiger charge is -2.36. The SMILES string of the molecule is C/C=C/c1ccc(C2CC3CCC(N3)C2C(=O)OC)cc1. The molecule has 0 saturated carbocycles. The number of hydrogen-bond donors (Lipinski definition) is 1. The number of nitrogens with one attached hydrogen (secondary N) is 1. The number of ether oxygens (including phenoxy) is 1. The Labute approximate surface area is 126 Å². The summed E-state index contributed by atoms with van der Waals surface area (Å²) in [5.41, 5.74) is 2.46. The molecule has 3 heteroatoms. The molecule has 21 heavy (non-hydrogen) atoms. The third-order valence-corrected chi connectivity index (χ3v) is 4.88. The van der Waals surface area contributed by atoms with Crippen LogP contribution in [0.4, 0.5) is 0 Å². The average Bonchev–Trinajstić information content (AvgIpc) is 2.89. The number of carbonyl (C=O) groups is 1. The molecule has 2 aliphatic rings. The van der Waals surface area contributed by atoms with Crippen molar-refractivity contribution >= 4 is 12.0 Å². The average molecular weight is 285 g/mol. The molecular weight excluding hydrogens is 262 g/mol. The molecule has 0 aromatic heterocycles. The molecule has 1 aromatic carbocycles. The van der Waals surface area contributed by atoms with E-state index in [0.717, 1.165) is 12.8 Å². The molecular formula is C18H23NO2. The molecule has 1 N–H and O–H groups in total. The lowest BCUT2D eigenvalue weighted by molar-refractivity contribution is -0.148. The van der Waals surface area contributed by atoms with E-state index in [2.05, 4.69) is 35.7 Å². The Balaban J connectivity index is 1.88. The lowest BCUT2D eigenvalue weighted by Crippen LogP contribution is -2.48. The first-order valence-corrected chi connectivity index (χ1v) is 7.79. The second-order valence-corrected chi connectivity index (χ2v) is 6.11. The van der Waals surface area contributed by atoms with Crippen molar-refractivity contribution in [3.8, 4) is 0 Å². The van der Waals surface area contributed by atoms with E-state index in [4.69, 9.17) is 4.74 Å². The molecule has 3 nitrogen and oxygen atoms in total. The van der Waals surface area contributed by atoms with E-state index in [0.29, 0.717) is 6.04 Å². The summed E-state index contributed by atoms with van der Waals surface area (Å²) in [6.45, 7) is 2.02. The number of methoxy groups -OCH3 is 1. The highest BCUT2D eigenvalue weighted by Gasteiger charge is 2.46. The third-order valence-electron chi connectivity index (χ3n) is 4.88. The van der Waals surface area contributed by atoms with Gasteiger partial charge in [0.2, 0.25) is 0 Å². The summed E-state index contributed by atoms with van der Waals surface area (Å²) in [5, 5.41) is 3.58. The normalized spacial score (nSPS) is 31.5. The van der Waals surface area contributed by atoms with Crippen molar-refractivity contribution in [1.82, 2.24) is 5.32 Å². The highest BCUT2D eigenvalue weighted by molar-refractivity contribution is 5.75. The van der Waals surface area contributed by atoms with E-state index < -0.39 is 0 Å². The minimum absolute atomic E-state index is 0.0543. The van der Waals surface area contributed by atoms with E-state index in [1.54, 1.807) is 0 Å². The summed E-state index contributed by atoms with van der Waals surface area (Å²) in [6, 6.07) is 9.43. The Bertz CT molecular complexity index is 535. The Morgan fingerprint density at radius 1 is 1.29 bits per heavy atom. The maximum atomic E-state index is 12.2. The van der Waals surface area contributed by atoms with E-state index in [1.807, 2.05) is 13.0 Å². The van der Waals surface area contributed by atoms with E-state index in [1.165, 1.54) is 24.7 Å². The van der Waals surface area contributed by atoms with Gasteiger partial charge in [0, 0.05) is 18.0 Å². The summed E-state index contributed by atoms with van der Waals surface area (Å²) in [4.78, 5) is 12.2. The zero-order valence-electron chi connectivity index (χ0n) is 12.7. The molecule has 3 rings (SSSR count). The molecule has 0 amide bonds. The molecule has 2 fully saturated rings. The number of benzene rings is 1. The molecule has 0 aliphatic carbocycles.